The van der Waals surface area contributed by atoms with Crippen LogP contribution in [0.2, 0.25) is 0 Å². The van der Waals surface area contributed by atoms with Gasteiger partial charge in [0.2, 0.25) is 0 Å². The Balaban J connectivity index is 2.47. The molecule has 0 saturated carbocycles. The van der Waals surface area contributed by atoms with E-state index in [-0.39, 0.29) is 12.1 Å². The largest absolute Gasteiger partial charge is 0.496 e. The molecule has 2 N–H and O–H groups in total. The molecule has 0 unspecified atom stereocenters. The number of nitrogens with two attached hydrogens (primary N) is 1. The maximum atomic E-state index is 6.03. The summed E-state index contributed by atoms with van der Waals surface area (Å²) < 4.78 is 10.8. The van der Waals surface area contributed by atoms with Gasteiger partial charge in [0.25, 0.3) is 0 Å². The van der Waals surface area contributed by atoms with E-state index in [2.05, 4.69) is 0 Å². The molecule has 3 nitrogen and oxygen atoms in total. The van der Waals surface area contributed by atoms with E-state index in [1.54, 1.807) is 7.11 Å². The van der Waals surface area contributed by atoms with Crippen LogP contribution in [0.4, 0.5) is 0 Å². The number of rotatable bonds is 1. The Kier molecular flexibility index (Phi) is 2.44. The van der Waals surface area contributed by atoms with Crippen LogP contribution < -0.4 is 10.5 Å². The first-order valence-electron chi connectivity index (χ1n) is 4.77. The highest BCUT2D eigenvalue weighted by molar-refractivity contribution is 5.42. The van der Waals surface area contributed by atoms with Gasteiger partial charge in [-0.2, -0.15) is 0 Å². The maximum absolute atomic E-state index is 6.03. The average Bonchev–Trinajstić information content (AvgIpc) is 2.23. The number of benzene rings is 1. The highest BCUT2D eigenvalue weighted by Crippen LogP contribution is 2.33. The van der Waals surface area contributed by atoms with Gasteiger partial charge in [0.05, 0.1) is 25.9 Å². The summed E-state index contributed by atoms with van der Waals surface area (Å²) in [6.45, 7) is 2.58. The van der Waals surface area contributed by atoms with Crippen molar-refractivity contribution in [3.63, 3.8) is 0 Å². The molecular weight excluding hydrogens is 178 g/mol. The molecule has 0 aliphatic carbocycles. The van der Waals surface area contributed by atoms with Crippen molar-refractivity contribution in [1.82, 2.24) is 0 Å². The van der Waals surface area contributed by atoms with Crippen molar-refractivity contribution in [3.8, 4) is 5.75 Å². The molecule has 3 heteroatoms. The van der Waals surface area contributed by atoms with Crippen LogP contribution in [0, 0.1) is 0 Å². The first-order valence-corrected chi connectivity index (χ1v) is 4.77. The number of hydrogen-bond donors (Lipinski definition) is 1. The van der Waals surface area contributed by atoms with Crippen LogP contribution in [0.15, 0.2) is 18.2 Å². The van der Waals surface area contributed by atoms with Crippen molar-refractivity contribution in [1.29, 1.82) is 0 Å². The maximum Gasteiger partial charge on any atom is 0.124 e. The Morgan fingerprint density at radius 1 is 1.50 bits per heavy atom. The van der Waals surface area contributed by atoms with Crippen LogP contribution in [-0.4, -0.2) is 13.2 Å². The van der Waals surface area contributed by atoms with Gasteiger partial charge in [-0.05, 0) is 18.6 Å². The minimum Gasteiger partial charge on any atom is -0.496 e. The molecule has 1 aliphatic rings. The van der Waals surface area contributed by atoms with Crippen molar-refractivity contribution in [2.45, 2.75) is 25.7 Å². The Bertz CT molecular complexity index is 338. The molecule has 2 atom stereocenters. The average molecular weight is 193 g/mol. The minimum absolute atomic E-state index is 0.0474. The first kappa shape index (κ1) is 9.49. The lowest BCUT2D eigenvalue weighted by Crippen LogP contribution is -2.31. The molecule has 0 radical (unpaired) electrons. The second-order valence-electron chi connectivity index (χ2n) is 3.57. The number of fused-ring (bicyclic) bond motifs is 1. The predicted molar refractivity (Wildman–Crippen MR) is 54.2 cm³/mol. The molecule has 2 rings (SSSR count). The van der Waals surface area contributed by atoms with E-state index >= 15 is 0 Å². The van der Waals surface area contributed by atoms with E-state index in [4.69, 9.17) is 15.2 Å². The topological polar surface area (TPSA) is 44.5 Å². The van der Waals surface area contributed by atoms with Gasteiger partial charge in [0, 0.05) is 5.56 Å². The summed E-state index contributed by atoms with van der Waals surface area (Å²) in [6, 6.07) is 5.90. The zero-order valence-corrected chi connectivity index (χ0v) is 8.49. The lowest BCUT2D eigenvalue weighted by Gasteiger charge is -2.29. The first-order chi connectivity index (χ1) is 6.74. The highest BCUT2D eigenvalue weighted by Gasteiger charge is 2.25. The van der Waals surface area contributed by atoms with E-state index in [0.29, 0.717) is 6.61 Å². The van der Waals surface area contributed by atoms with E-state index in [0.717, 1.165) is 16.9 Å². The summed E-state index contributed by atoms with van der Waals surface area (Å²) >= 11 is 0. The molecule has 0 saturated heterocycles. The Morgan fingerprint density at radius 2 is 2.29 bits per heavy atom. The van der Waals surface area contributed by atoms with Crippen LogP contribution in [0.5, 0.6) is 5.75 Å². The summed E-state index contributed by atoms with van der Waals surface area (Å²) in [4.78, 5) is 0. The lowest BCUT2D eigenvalue weighted by atomic mass is 9.95. The van der Waals surface area contributed by atoms with Crippen LogP contribution in [-0.2, 0) is 11.3 Å². The number of methoxy groups -OCH3 is 1. The molecule has 0 fully saturated rings. The minimum atomic E-state index is -0.0474. The third kappa shape index (κ3) is 1.38. The molecule has 0 bridgehead atoms. The molecule has 0 amide bonds. The summed E-state index contributed by atoms with van der Waals surface area (Å²) in [5.74, 6) is 0.866. The second kappa shape index (κ2) is 3.59. The lowest BCUT2D eigenvalue weighted by molar-refractivity contribution is 0.0201. The van der Waals surface area contributed by atoms with Crippen LogP contribution in [0.3, 0.4) is 0 Å². The molecule has 1 aliphatic heterocycles. The normalized spacial score (nSPS) is 25.6. The third-order valence-electron chi connectivity index (χ3n) is 2.74. The molecule has 1 aromatic carbocycles. The van der Waals surface area contributed by atoms with Crippen molar-refractivity contribution in [3.05, 3.63) is 29.3 Å². The van der Waals surface area contributed by atoms with E-state index in [9.17, 15) is 0 Å². The van der Waals surface area contributed by atoms with Crippen molar-refractivity contribution < 1.29 is 9.47 Å². The summed E-state index contributed by atoms with van der Waals surface area (Å²) in [5.41, 5.74) is 8.26. The van der Waals surface area contributed by atoms with Crippen LogP contribution in [0.1, 0.15) is 24.1 Å². The highest BCUT2D eigenvalue weighted by atomic mass is 16.5. The van der Waals surface area contributed by atoms with E-state index in [1.807, 2.05) is 25.1 Å². The molecule has 76 valence electrons. The monoisotopic (exact) mass is 193 g/mol. The Hall–Kier alpha value is -1.06. The number of ether oxygens (including phenoxy) is 2. The standard InChI is InChI=1S/C11H15NO2/c1-7-11(12)8-4-3-5-10(13-2)9(8)6-14-7/h3-5,7,11H,6,12H2,1-2H3/t7-,11-/m1/s1. The van der Waals surface area contributed by atoms with Crippen molar-refractivity contribution in [2.75, 3.05) is 7.11 Å². The van der Waals surface area contributed by atoms with Gasteiger partial charge >= 0.3 is 0 Å². The molecule has 0 spiro atoms. The van der Waals surface area contributed by atoms with Crippen molar-refractivity contribution in [2.24, 2.45) is 5.73 Å². The van der Waals surface area contributed by atoms with Gasteiger partial charge in [-0.15, -0.1) is 0 Å². The van der Waals surface area contributed by atoms with Crippen LogP contribution in [0.25, 0.3) is 0 Å². The van der Waals surface area contributed by atoms with Gasteiger partial charge in [0.15, 0.2) is 0 Å². The zero-order valence-electron chi connectivity index (χ0n) is 8.49. The fourth-order valence-corrected chi connectivity index (χ4v) is 1.81. The van der Waals surface area contributed by atoms with Gasteiger partial charge < -0.3 is 15.2 Å². The molecule has 0 aromatic heterocycles. The second-order valence-corrected chi connectivity index (χ2v) is 3.57. The fourth-order valence-electron chi connectivity index (χ4n) is 1.81. The van der Waals surface area contributed by atoms with Gasteiger partial charge in [0.1, 0.15) is 5.75 Å². The van der Waals surface area contributed by atoms with Gasteiger partial charge in [-0.1, -0.05) is 12.1 Å². The number of hydrogen-bond acceptors (Lipinski definition) is 3. The summed E-state index contributed by atoms with van der Waals surface area (Å²) in [7, 11) is 1.67. The summed E-state index contributed by atoms with van der Waals surface area (Å²) in [5, 5.41) is 0. The zero-order chi connectivity index (χ0) is 10.1. The fraction of sp³-hybridized carbons (Fsp3) is 0.455. The smallest absolute Gasteiger partial charge is 0.124 e. The van der Waals surface area contributed by atoms with Gasteiger partial charge in [-0.3, -0.25) is 0 Å². The third-order valence-corrected chi connectivity index (χ3v) is 2.74. The van der Waals surface area contributed by atoms with E-state index < -0.39 is 0 Å². The van der Waals surface area contributed by atoms with Gasteiger partial charge in [-0.25, -0.2) is 0 Å². The molecule has 1 aromatic rings. The summed E-state index contributed by atoms with van der Waals surface area (Å²) in [6.07, 6.45) is 0.0783. The molecular formula is C11H15NO2. The Labute approximate surface area is 83.8 Å². The van der Waals surface area contributed by atoms with Crippen LogP contribution >= 0.6 is 0 Å². The quantitative estimate of drug-likeness (QED) is 0.737. The van der Waals surface area contributed by atoms with Crippen molar-refractivity contribution >= 4 is 0 Å². The SMILES string of the molecule is COc1cccc2c1CO[C@H](C)[C@H]2N. The Morgan fingerprint density at radius 3 is 3.00 bits per heavy atom. The molecule has 1 heterocycles. The molecule has 14 heavy (non-hydrogen) atoms. The van der Waals surface area contributed by atoms with E-state index in [1.165, 1.54) is 0 Å². The predicted octanol–water partition coefficient (Wildman–Crippen LogP) is 1.61.